The SMILES string of the molecule is N#Cc1ccc(NCC(=O)Nc2cc(Cl)cc(Cl)c2)cc1. The molecule has 0 radical (unpaired) electrons. The minimum Gasteiger partial charge on any atom is -0.376 e. The summed E-state index contributed by atoms with van der Waals surface area (Å²) >= 11 is 11.7. The average molecular weight is 320 g/mol. The van der Waals surface area contributed by atoms with E-state index in [-0.39, 0.29) is 12.5 Å². The Morgan fingerprint density at radius 2 is 1.67 bits per heavy atom. The first-order valence-corrected chi connectivity index (χ1v) is 6.82. The molecule has 0 aliphatic rings. The predicted molar refractivity (Wildman–Crippen MR) is 84.7 cm³/mol. The molecule has 0 atom stereocenters. The van der Waals surface area contributed by atoms with Crippen molar-refractivity contribution in [2.75, 3.05) is 17.2 Å². The molecule has 2 rings (SSSR count). The highest BCUT2D eigenvalue weighted by atomic mass is 35.5. The Kier molecular flexibility index (Phi) is 5.04. The fourth-order valence-corrected chi connectivity index (χ4v) is 2.20. The highest BCUT2D eigenvalue weighted by Crippen LogP contribution is 2.22. The predicted octanol–water partition coefficient (Wildman–Crippen LogP) is 3.92. The number of carbonyl (C=O) groups is 1. The van der Waals surface area contributed by atoms with Gasteiger partial charge in [0.1, 0.15) is 0 Å². The van der Waals surface area contributed by atoms with E-state index in [9.17, 15) is 4.79 Å². The standard InChI is InChI=1S/C15H11Cl2N3O/c16-11-5-12(17)7-14(6-11)20-15(21)9-19-13-3-1-10(8-18)2-4-13/h1-7,19H,9H2,(H,20,21). The van der Waals surface area contributed by atoms with E-state index in [0.717, 1.165) is 5.69 Å². The summed E-state index contributed by atoms with van der Waals surface area (Å²) in [5.74, 6) is -0.224. The molecule has 0 saturated heterocycles. The van der Waals surface area contributed by atoms with Gasteiger partial charge in [-0.25, -0.2) is 0 Å². The van der Waals surface area contributed by atoms with E-state index in [1.807, 2.05) is 6.07 Å². The summed E-state index contributed by atoms with van der Waals surface area (Å²) in [6, 6.07) is 13.7. The van der Waals surface area contributed by atoms with Crippen LogP contribution in [-0.4, -0.2) is 12.5 Å². The number of halogens is 2. The maximum Gasteiger partial charge on any atom is 0.243 e. The summed E-state index contributed by atoms with van der Waals surface area (Å²) in [5.41, 5.74) is 1.87. The van der Waals surface area contributed by atoms with E-state index in [2.05, 4.69) is 10.6 Å². The molecule has 0 saturated carbocycles. The number of nitrogens with one attached hydrogen (secondary N) is 2. The summed E-state index contributed by atoms with van der Waals surface area (Å²) < 4.78 is 0. The van der Waals surface area contributed by atoms with Gasteiger partial charge in [-0.3, -0.25) is 4.79 Å². The van der Waals surface area contributed by atoms with E-state index < -0.39 is 0 Å². The lowest BCUT2D eigenvalue weighted by Gasteiger charge is -2.08. The third-order valence-electron chi connectivity index (χ3n) is 2.61. The quantitative estimate of drug-likeness (QED) is 0.897. The Balaban J connectivity index is 1.91. The van der Waals surface area contributed by atoms with Crippen molar-refractivity contribution in [3.8, 4) is 6.07 Å². The molecule has 0 bridgehead atoms. The van der Waals surface area contributed by atoms with Crippen molar-refractivity contribution in [1.29, 1.82) is 5.26 Å². The fraction of sp³-hybridized carbons (Fsp3) is 0.0667. The lowest BCUT2D eigenvalue weighted by molar-refractivity contribution is -0.114. The average Bonchev–Trinajstić information content (AvgIpc) is 2.44. The monoisotopic (exact) mass is 319 g/mol. The molecule has 4 nitrogen and oxygen atoms in total. The molecule has 0 unspecified atom stereocenters. The molecule has 106 valence electrons. The third-order valence-corrected chi connectivity index (χ3v) is 3.05. The summed E-state index contributed by atoms with van der Waals surface area (Å²) in [7, 11) is 0. The van der Waals surface area contributed by atoms with Gasteiger partial charge in [-0.1, -0.05) is 23.2 Å². The molecule has 0 aromatic heterocycles. The largest absolute Gasteiger partial charge is 0.376 e. The molecular formula is C15H11Cl2N3O. The first-order valence-electron chi connectivity index (χ1n) is 6.07. The first-order chi connectivity index (χ1) is 10.1. The van der Waals surface area contributed by atoms with Gasteiger partial charge < -0.3 is 10.6 Å². The van der Waals surface area contributed by atoms with E-state index >= 15 is 0 Å². The molecule has 0 fully saturated rings. The Morgan fingerprint density at radius 1 is 1.05 bits per heavy atom. The van der Waals surface area contributed by atoms with Gasteiger partial charge in [0.2, 0.25) is 5.91 Å². The second kappa shape index (κ2) is 6.98. The van der Waals surface area contributed by atoms with Crippen LogP contribution in [0.4, 0.5) is 11.4 Å². The number of carbonyl (C=O) groups excluding carboxylic acids is 1. The number of nitrogens with zero attached hydrogens (tertiary/aromatic N) is 1. The number of rotatable bonds is 4. The molecule has 0 aliphatic carbocycles. The van der Waals surface area contributed by atoms with Crippen LogP contribution >= 0.6 is 23.2 Å². The fourth-order valence-electron chi connectivity index (χ4n) is 1.68. The molecule has 6 heteroatoms. The maximum absolute atomic E-state index is 11.8. The smallest absolute Gasteiger partial charge is 0.243 e. The van der Waals surface area contributed by atoms with Gasteiger partial charge in [0.15, 0.2) is 0 Å². The minimum atomic E-state index is -0.224. The summed E-state index contributed by atoms with van der Waals surface area (Å²) in [6.07, 6.45) is 0. The van der Waals surface area contributed by atoms with Crippen LogP contribution in [0.2, 0.25) is 10.0 Å². The molecule has 2 aromatic carbocycles. The van der Waals surface area contributed by atoms with Crippen molar-refractivity contribution < 1.29 is 4.79 Å². The van der Waals surface area contributed by atoms with Gasteiger partial charge in [0, 0.05) is 21.4 Å². The van der Waals surface area contributed by atoms with Crippen LogP contribution in [0.15, 0.2) is 42.5 Å². The maximum atomic E-state index is 11.8. The highest BCUT2D eigenvalue weighted by molar-refractivity contribution is 6.35. The summed E-state index contributed by atoms with van der Waals surface area (Å²) in [4.78, 5) is 11.8. The molecule has 2 aromatic rings. The molecule has 2 N–H and O–H groups in total. The minimum absolute atomic E-state index is 0.0933. The van der Waals surface area contributed by atoms with Crippen LogP contribution in [0, 0.1) is 11.3 Å². The van der Waals surface area contributed by atoms with Gasteiger partial charge in [0.05, 0.1) is 18.2 Å². The molecular weight excluding hydrogens is 309 g/mol. The topological polar surface area (TPSA) is 64.9 Å². The zero-order chi connectivity index (χ0) is 15.2. The van der Waals surface area contributed by atoms with Crippen LogP contribution in [0.3, 0.4) is 0 Å². The van der Waals surface area contributed by atoms with Crippen molar-refractivity contribution in [1.82, 2.24) is 0 Å². The first kappa shape index (κ1) is 15.2. The molecule has 1 amide bonds. The van der Waals surface area contributed by atoms with E-state index in [1.54, 1.807) is 42.5 Å². The lowest BCUT2D eigenvalue weighted by atomic mass is 10.2. The Hall–Kier alpha value is -2.22. The number of hydrogen-bond acceptors (Lipinski definition) is 3. The van der Waals surface area contributed by atoms with E-state index in [4.69, 9.17) is 28.5 Å². The van der Waals surface area contributed by atoms with Crippen LogP contribution in [0.25, 0.3) is 0 Å². The van der Waals surface area contributed by atoms with Crippen molar-refractivity contribution in [2.24, 2.45) is 0 Å². The second-order valence-corrected chi connectivity index (χ2v) is 5.12. The van der Waals surface area contributed by atoms with Crippen molar-refractivity contribution in [2.45, 2.75) is 0 Å². The number of anilines is 2. The van der Waals surface area contributed by atoms with Gasteiger partial charge in [0.25, 0.3) is 0 Å². The zero-order valence-electron chi connectivity index (χ0n) is 10.9. The van der Waals surface area contributed by atoms with Gasteiger partial charge in [-0.15, -0.1) is 0 Å². The van der Waals surface area contributed by atoms with Crippen LogP contribution in [-0.2, 0) is 4.79 Å². The Labute approximate surface area is 132 Å². The molecule has 0 heterocycles. The van der Waals surface area contributed by atoms with E-state index in [1.165, 1.54) is 0 Å². The van der Waals surface area contributed by atoms with Crippen molar-refractivity contribution >= 4 is 40.5 Å². The van der Waals surface area contributed by atoms with Gasteiger partial charge >= 0.3 is 0 Å². The van der Waals surface area contributed by atoms with Crippen LogP contribution in [0.5, 0.6) is 0 Å². The second-order valence-electron chi connectivity index (χ2n) is 4.25. The van der Waals surface area contributed by atoms with Crippen molar-refractivity contribution in [3.05, 3.63) is 58.1 Å². The number of hydrogen-bond donors (Lipinski definition) is 2. The van der Waals surface area contributed by atoms with Crippen LogP contribution in [0.1, 0.15) is 5.56 Å². The number of benzene rings is 2. The van der Waals surface area contributed by atoms with Crippen LogP contribution < -0.4 is 10.6 Å². The Bertz CT molecular complexity index is 673. The summed E-state index contributed by atoms with van der Waals surface area (Å²) in [5, 5.41) is 15.3. The molecule has 21 heavy (non-hydrogen) atoms. The van der Waals surface area contributed by atoms with E-state index in [0.29, 0.717) is 21.3 Å². The zero-order valence-corrected chi connectivity index (χ0v) is 12.4. The molecule has 0 spiro atoms. The third kappa shape index (κ3) is 4.67. The van der Waals surface area contributed by atoms with Gasteiger partial charge in [-0.05, 0) is 42.5 Å². The lowest BCUT2D eigenvalue weighted by Crippen LogP contribution is -2.21. The van der Waals surface area contributed by atoms with Crippen molar-refractivity contribution in [3.63, 3.8) is 0 Å². The summed E-state index contributed by atoms with van der Waals surface area (Å²) in [6.45, 7) is 0.0933. The molecule has 0 aliphatic heterocycles. The Morgan fingerprint density at radius 3 is 2.24 bits per heavy atom. The normalized spacial score (nSPS) is 9.76. The number of amides is 1. The highest BCUT2D eigenvalue weighted by Gasteiger charge is 2.04. The number of nitriles is 1. The van der Waals surface area contributed by atoms with Gasteiger partial charge in [-0.2, -0.15) is 5.26 Å².